The second kappa shape index (κ2) is 8.13. The molecule has 3 heterocycles. The van der Waals surface area contributed by atoms with Crippen LogP contribution in [-0.2, 0) is 4.79 Å². The molecular weight excluding hydrogens is 416 g/mol. The van der Waals surface area contributed by atoms with Crippen molar-refractivity contribution in [1.29, 1.82) is 0 Å². The molecule has 0 aliphatic carbocycles. The average molecular weight is 435 g/mol. The summed E-state index contributed by atoms with van der Waals surface area (Å²) in [5, 5.41) is 3.79. The van der Waals surface area contributed by atoms with Gasteiger partial charge in [0.25, 0.3) is 5.91 Å². The second-order valence-electron chi connectivity index (χ2n) is 7.20. The molecule has 0 bridgehead atoms. The Bertz CT molecular complexity index is 1180. The number of nitrogens with zero attached hydrogens (tertiary/aromatic N) is 4. The van der Waals surface area contributed by atoms with Crippen molar-refractivity contribution < 1.29 is 4.79 Å². The fraction of sp³-hybridized carbons (Fsp3) is 0.174. The molecule has 0 unspecified atom stereocenters. The lowest BCUT2D eigenvalue weighted by Gasteiger charge is -2.36. The molecule has 0 atom stereocenters. The van der Waals surface area contributed by atoms with E-state index >= 15 is 0 Å². The van der Waals surface area contributed by atoms with Crippen molar-refractivity contribution in [3.8, 4) is 0 Å². The number of pyridine rings is 1. The van der Waals surface area contributed by atoms with E-state index in [0.29, 0.717) is 9.93 Å². The SMILES string of the molecule is O=C1N=C(N2CCN(c3ncccc3Cl)CC2)S/C1=C\c1ccc2ccccc2c1. The van der Waals surface area contributed by atoms with Crippen LogP contribution in [0.25, 0.3) is 16.8 Å². The molecule has 7 heteroatoms. The molecule has 1 saturated heterocycles. The molecule has 150 valence electrons. The molecule has 2 aliphatic rings. The standard InChI is InChI=1S/C23H19ClN4OS/c24-19-6-3-9-25-21(19)27-10-12-28(13-11-27)23-26-22(29)20(30-23)15-16-7-8-17-4-1-2-5-18(17)14-16/h1-9,14-15H,10-13H2/b20-15-. The van der Waals surface area contributed by atoms with E-state index in [4.69, 9.17) is 11.6 Å². The van der Waals surface area contributed by atoms with Gasteiger partial charge in [-0.1, -0.05) is 48.0 Å². The van der Waals surface area contributed by atoms with E-state index in [1.165, 1.54) is 17.1 Å². The number of aliphatic imine (C=N–C) groups is 1. The zero-order chi connectivity index (χ0) is 20.5. The van der Waals surface area contributed by atoms with Gasteiger partial charge in [0, 0.05) is 32.4 Å². The van der Waals surface area contributed by atoms with Crippen LogP contribution in [0.2, 0.25) is 5.02 Å². The van der Waals surface area contributed by atoms with Gasteiger partial charge in [0.2, 0.25) is 0 Å². The number of thioether (sulfide) groups is 1. The van der Waals surface area contributed by atoms with Crippen molar-refractivity contribution >= 4 is 57.1 Å². The highest BCUT2D eigenvalue weighted by atomic mass is 35.5. The number of piperazine rings is 1. The topological polar surface area (TPSA) is 48.8 Å². The van der Waals surface area contributed by atoms with Crippen LogP contribution in [-0.4, -0.2) is 47.1 Å². The predicted molar refractivity (Wildman–Crippen MR) is 125 cm³/mol. The van der Waals surface area contributed by atoms with Gasteiger partial charge in [-0.2, -0.15) is 4.99 Å². The van der Waals surface area contributed by atoms with Crippen molar-refractivity contribution in [3.63, 3.8) is 0 Å². The van der Waals surface area contributed by atoms with Crippen molar-refractivity contribution in [3.05, 3.63) is 76.3 Å². The summed E-state index contributed by atoms with van der Waals surface area (Å²) in [7, 11) is 0. The van der Waals surface area contributed by atoms with Gasteiger partial charge in [-0.3, -0.25) is 4.79 Å². The molecule has 2 aliphatic heterocycles. The van der Waals surface area contributed by atoms with Crippen LogP contribution >= 0.6 is 23.4 Å². The van der Waals surface area contributed by atoms with E-state index in [1.807, 2.05) is 36.4 Å². The van der Waals surface area contributed by atoms with Gasteiger partial charge in [-0.05, 0) is 52.4 Å². The molecule has 1 aromatic heterocycles. The number of anilines is 1. The monoisotopic (exact) mass is 434 g/mol. The first kappa shape index (κ1) is 19.2. The van der Waals surface area contributed by atoms with Crippen LogP contribution in [0.3, 0.4) is 0 Å². The smallest absolute Gasteiger partial charge is 0.286 e. The lowest BCUT2D eigenvalue weighted by atomic mass is 10.1. The van der Waals surface area contributed by atoms with E-state index in [-0.39, 0.29) is 5.91 Å². The number of amides is 1. The fourth-order valence-electron chi connectivity index (χ4n) is 3.70. The van der Waals surface area contributed by atoms with E-state index in [1.54, 1.807) is 6.20 Å². The number of hydrogen-bond donors (Lipinski definition) is 0. The first-order valence-corrected chi connectivity index (χ1v) is 11.0. The lowest BCUT2D eigenvalue weighted by Crippen LogP contribution is -2.48. The van der Waals surface area contributed by atoms with Gasteiger partial charge in [0.1, 0.15) is 5.82 Å². The third-order valence-corrected chi connectivity index (χ3v) is 6.61. The van der Waals surface area contributed by atoms with Crippen molar-refractivity contribution in [1.82, 2.24) is 9.88 Å². The van der Waals surface area contributed by atoms with Crippen molar-refractivity contribution in [2.75, 3.05) is 31.1 Å². The summed E-state index contributed by atoms with van der Waals surface area (Å²) in [5.41, 5.74) is 1.01. The quantitative estimate of drug-likeness (QED) is 0.548. The minimum atomic E-state index is -0.168. The first-order valence-electron chi connectivity index (χ1n) is 9.79. The van der Waals surface area contributed by atoms with Gasteiger partial charge in [-0.25, -0.2) is 4.98 Å². The number of fused-ring (bicyclic) bond motifs is 1. The van der Waals surface area contributed by atoms with E-state index in [9.17, 15) is 4.79 Å². The van der Waals surface area contributed by atoms with Gasteiger partial charge in [-0.15, -0.1) is 0 Å². The summed E-state index contributed by atoms with van der Waals surface area (Å²) in [6, 6.07) is 18.1. The third-order valence-electron chi connectivity index (χ3n) is 5.27. The molecule has 3 aromatic rings. The number of hydrogen-bond acceptors (Lipinski definition) is 5. The largest absolute Gasteiger partial charge is 0.352 e. The molecule has 1 fully saturated rings. The summed E-state index contributed by atoms with van der Waals surface area (Å²) in [6.45, 7) is 3.12. The number of halogens is 1. The number of rotatable bonds is 2. The second-order valence-corrected chi connectivity index (χ2v) is 8.62. The number of carbonyl (C=O) groups excluding carboxylic acids is 1. The zero-order valence-electron chi connectivity index (χ0n) is 16.2. The fourth-order valence-corrected chi connectivity index (χ4v) is 4.91. The number of carbonyl (C=O) groups is 1. The Morgan fingerprint density at radius 2 is 1.70 bits per heavy atom. The molecule has 0 radical (unpaired) electrons. The Morgan fingerprint density at radius 1 is 0.933 bits per heavy atom. The predicted octanol–water partition coefficient (Wildman–Crippen LogP) is 4.68. The molecule has 0 saturated carbocycles. The summed E-state index contributed by atoms with van der Waals surface area (Å²) < 4.78 is 0. The summed E-state index contributed by atoms with van der Waals surface area (Å²) in [5.74, 6) is 0.645. The maximum Gasteiger partial charge on any atom is 0.286 e. The lowest BCUT2D eigenvalue weighted by molar-refractivity contribution is -0.113. The molecule has 2 aromatic carbocycles. The zero-order valence-corrected chi connectivity index (χ0v) is 17.7. The maximum atomic E-state index is 12.5. The van der Waals surface area contributed by atoms with Crippen molar-refractivity contribution in [2.24, 2.45) is 4.99 Å². The Morgan fingerprint density at radius 3 is 2.50 bits per heavy atom. The van der Waals surface area contributed by atoms with Gasteiger partial charge >= 0.3 is 0 Å². The van der Waals surface area contributed by atoms with Crippen LogP contribution < -0.4 is 4.90 Å². The molecule has 5 rings (SSSR count). The normalized spacial score (nSPS) is 18.4. The minimum absolute atomic E-state index is 0.168. The van der Waals surface area contributed by atoms with Crippen LogP contribution in [0.1, 0.15) is 5.56 Å². The van der Waals surface area contributed by atoms with Crippen LogP contribution in [0.5, 0.6) is 0 Å². The molecule has 30 heavy (non-hydrogen) atoms. The van der Waals surface area contributed by atoms with Crippen molar-refractivity contribution in [2.45, 2.75) is 0 Å². The van der Waals surface area contributed by atoms with Crippen LogP contribution in [0, 0.1) is 0 Å². The number of benzene rings is 2. The highest BCUT2D eigenvalue weighted by molar-refractivity contribution is 8.18. The van der Waals surface area contributed by atoms with Gasteiger partial charge in [0.05, 0.1) is 9.93 Å². The summed E-state index contributed by atoms with van der Waals surface area (Å²) in [4.78, 5) is 26.2. The molecule has 1 amide bonds. The first-order chi connectivity index (χ1) is 14.7. The van der Waals surface area contributed by atoms with Crippen LogP contribution in [0.4, 0.5) is 5.82 Å². The number of amidine groups is 1. The third kappa shape index (κ3) is 3.80. The van der Waals surface area contributed by atoms with E-state index in [2.05, 4.69) is 44.0 Å². The van der Waals surface area contributed by atoms with Crippen LogP contribution in [0.15, 0.2) is 70.7 Å². The minimum Gasteiger partial charge on any atom is -0.352 e. The Hall–Kier alpha value is -2.83. The van der Waals surface area contributed by atoms with E-state index in [0.717, 1.165) is 48.1 Å². The Labute approximate surface area is 184 Å². The molecule has 0 N–H and O–H groups in total. The Kier molecular flexibility index (Phi) is 5.19. The maximum absolute atomic E-state index is 12.5. The van der Waals surface area contributed by atoms with Gasteiger partial charge in [0.15, 0.2) is 5.17 Å². The summed E-state index contributed by atoms with van der Waals surface area (Å²) >= 11 is 7.73. The molecule has 0 spiro atoms. The number of aromatic nitrogens is 1. The highest BCUT2D eigenvalue weighted by Crippen LogP contribution is 2.32. The van der Waals surface area contributed by atoms with E-state index < -0.39 is 0 Å². The Balaban J connectivity index is 1.27. The molecule has 5 nitrogen and oxygen atoms in total. The highest BCUT2D eigenvalue weighted by Gasteiger charge is 2.29. The molecular formula is C23H19ClN4OS. The average Bonchev–Trinajstić information content (AvgIpc) is 3.14. The summed E-state index contributed by atoms with van der Waals surface area (Å²) in [6.07, 6.45) is 3.69. The van der Waals surface area contributed by atoms with Gasteiger partial charge < -0.3 is 9.80 Å².